The molecule has 7 bridgehead atoms. The fourth-order valence-electron chi connectivity index (χ4n) is 12.5. The van der Waals surface area contributed by atoms with E-state index in [1.165, 1.54) is 14.0 Å². The van der Waals surface area contributed by atoms with Crippen LogP contribution in [-0.2, 0) is 33.2 Å². The van der Waals surface area contributed by atoms with E-state index in [1.54, 1.807) is 52.7 Å². The second kappa shape index (κ2) is 11.4. The lowest BCUT2D eigenvalue weighted by atomic mass is 9.42. The van der Waals surface area contributed by atoms with Crippen LogP contribution in [0.2, 0.25) is 0 Å². The van der Waals surface area contributed by atoms with Crippen LogP contribution in [0.25, 0.3) is 0 Å². The zero-order valence-corrected chi connectivity index (χ0v) is 28.3. The summed E-state index contributed by atoms with van der Waals surface area (Å²) in [4.78, 5) is 29.6. The summed E-state index contributed by atoms with van der Waals surface area (Å²) >= 11 is 0. The Labute approximate surface area is 275 Å². The van der Waals surface area contributed by atoms with Crippen molar-refractivity contribution < 1.29 is 53.0 Å². The fraction of sp³-hybridized carbons (Fsp3) is 0.771. The van der Waals surface area contributed by atoms with Gasteiger partial charge in [0.1, 0.15) is 23.1 Å². The molecule has 14 atom stereocenters. The number of rotatable bonds is 10. The minimum absolute atomic E-state index is 0.171. The smallest absolute Gasteiger partial charge is 0.338 e. The molecule has 1 aliphatic heterocycles. The first-order valence-corrected chi connectivity index (χ1v) is 16.7. The van der Waals surface area contributed by atoms with Crippen molar-refractivity contribution in [1.82, 2.24) is 4.90 Å². The number of likely N-dealkylation sites (tertiary alicyclic amines) is 1. The van der Waals surface area contributed by atoms with Crippen LogP contribution in [0, 0.1) is 34.5 Å². The number of nitrogens with zero attached hydrogens (tertiary/aromatic N) is 1. The highest BCUT2D eigenvalue weighted by atomic mass is 16.6. The predicted molar refractivity (Wildman–Crippen MR) is 166 cm³/mol. The van der Waals surface area contributed by atoms with Gasteiger partial charge in [-0.1, -0.05) is 6.92 Å². The maximum absolute atomic E-state index is 13.9. The number of fused-ring (bicyclic) bond motifs is 2. The van der Waals surface area contributed by atoms with Crippen molar-refractivity contribution >= 4 is 11.9 Å². The number of benzene rings is 1. The maximum Gasteiger partial charge on any atom is 0.338 e. The summed E-state index contributed by atoms with van der Waals surface area (Å²) in [6.45, 7) is 5.28. The van der Waals surface area contributed by atoms with E-state index >= 15 is 0 Å². The molecule has 6 fully saturated rings. The number of aliphatic hydroxyl groups is 2. The van der Waals surface area contributed by atoms with Gasteiger partial charge in [-0.15, -0.1) is 0 Å². The topological polar surface area (TPSA) is 142 Å². The molecule has 7 rings (SSSR count). The molecule has 1 aromatic carbocycles. The SMILES string of the molecule is CCN1CC2(COC)CC(O)C(OC)C34C5CC6(O)C(OC)CC(OC(C)=O)(C5C6OC(=O)c5ccc(OC)cc5)C(C(OC)C23)C14. The summed E-state index contributed by atoms with van der Waals surface area (Å²) in [7, 11) is 8.10. The average molecular weight is 660 g/mol. The summed E-state index contributed by atoms with van der Waals surface area (Å²) in [5.74, 6) is -2.10. The Morgan fingerprint density at radius 1 is 0.957 bits per heavy atom. The number of esters is 2. The van der Waals surface area contributed by atoms with Crippen molar-refractivity contribution in [3.63, 3.8) is 0 Å². The van der Waals surface area contributed by atoms with Gasteiger partial charge in [-0.25, -0.2) is 4.79 Å². The van der Waals surface area contributed by atoms with E-state index in [1.807, 2.05) is 0 Å². The van der Waals surface area contributed by atoms with Gasteiger partial charge in [-0.05, 0) is 49.6 Å². The normalized spacial score (nSPS) is 47.4. The molecule has 47 heavy (non-hydrogen) atoms. The van der Waals surface area contributed by atoms with Crippen molar-refractivity contribution in [2.75, 3.05) is 55.2 Å². The van der Waals surface area contributed by atoms with E-state index < -0.39 is 82.2 Å². The molecule has 1 saturated heterocycles. The van der Waals surface area contributed by atoms with Gasteiger partial charge in [0, 0.05) is 83.0 Å². The molecule has 14 unspecified atom stereocenters. The molecule has 1 aromatic rings. The first-order chi connectivity index (χ1) is 22.5. The minimum Gasteiger partial charge on any atom is -0.497 e. The van der Waals surface area contributed by atoms with Crippen LogP contribution in [-0.4, -0.2) is 130 Å². The van der Waals surface area contributed by atoms with Crippen molar-refractivity contribution in [1.29, 1.82) is 0 Å². The minimum atomic E-state index is -1.60. The van der Waals surface area contributed by atoms with Crippen molar-refractivity contribution in [2.45, 2.75) is 80.9 Å². The fourth-order valence-corrected chi connectivity index (χ4v) is 12.5. The third-order valence-corrected chi connectivity index (χ3v) is 13.3. The summed E-state index contributed by atoms with van der Waals surface area (Å²) in [5.41, 5.74) is -3.81. The van der Waals surface area contributed by atoms with Gasteiger partial charge in [0.2, 0.25) is 0 Å². The average Bonchev–Trinajstić information content (AvgIpc) is 3.42. The van der Waals surface area contributed by atoms with Crippen molar-refractivity contribution in [3.8, 4) is 5.75 Å². The van der Waals surface area contributed by atoms with Gasteiger partial charge in [-0.2, -0.15) is 0 Å². The van der Waals surface area contributed by atoms with Crippen molar-refractivity contribution in [2.24, 2.45) is 34.5 Å². The lowest BCUT2D eigenvalue weighted by Crippen LogP contribution is -2.79. The number of methoxy groups -OCH3 is 5. The number of hydrogen-bond donors (Lipinski definition) is 2. The molecule has 1 heterocycles. The lowest BCUT2D eigenvalue weighted by molar-refractivity contribution is -0.301. The standard InChI is InChI=1S/C35H49NO11/c1-8-36-16-32(17-41-3)14-22(38)29(45-7)35-21-13-33(40)23(43-5)15-34(47-18(2)37,25(28(35)36)26(44-6)27(32)35)24(21)30(33)46-31(39)19-9-11-20(42-4)12-10-19/h9-12,21-30,38,40H,8,13-17H2,1-7H3. The predicted octanol–water partition coefficient (Wildman–Crippen LogP) is 1.69. The molecule has 5 aliphatic carbocycles. The second-order valence-corrected chi connectivity index (χ2v) is 14.8. The molecule has 260 valence electrons. The van der Waals surface area contributed by atoms with Crippen LogP contribution in [0.3, 0.4) is 0 Å². The Bertz CT molecular complexity index is 1390. The first-order valence-electron chi connectivity index (χ1n) is 16.7. The van der Waals surface area contributed by atoms with Gasteiger partial charge in [0.05, 0.1) is 43.7 Å². The molecular weight excluding hydrogens is 610 g/mol. The number of carbonyl (C=O) groups excluding carboxylic acids is 2. The number of ether oxygens (including phenoxy) is 7. The zero-order valence-electron chi connectivity index (χ0n) is 28.3. The number of hydrogen-bond acceptors (Lipinski definition) is 12. The van der Waals surface area contributed by atoms with E-state index in [-0.39, 0.29) is 24.8 Å². The molecule has 0 aromatic heterocycles. The first kappa shape index (κ1) is 33.2. The molecule has 12 heteroatoms. The quantitative estimate of drug-likeness (QED) is 0.353. The van der Waals surface area contributed by atoms with Crippen LogP contribution in [0.15, 0.2) is 24.3 Å². The summed E-state index contributed by atoms with van der Waals surface area (Å²) < 4.78 is 43.2. The molecular formula is C35H49NO11. The van der Waals surface area contributed by atoms with Crippen LogP contribution >= 0.6 is 0 Å². The number of aliphatic hydroxyl groups excluding tert-OH is 1. The third kappa shape index (κ3) is 4.06. The van der Waals surface area contributed by atoms with Crippen LogP contribution in [0.1, 0.15) is 43.5 Å². The maximum atomic E-state index is 13.9. The van der Waals surface area contributed by atoms with Gasteiger partial charge in [-0.3, -0.25) is 9.69 Å². The monoisotopic (exact) mass is 659 g/mol. The molecule has 0 radical (unpaired) electrons. The van der Waals surface area contributed by atoms with Gasteiger partial charge in [0.25, 0.3) is 0 Å². The highest BCUT2D eigenvalue weighted by Gasteiger charge is 2.90. The summed E-state index contributed by atoms with van der Waals surface area (Å²) in [6.07, 6.45) is -2.92. The van der Waals surface area contributed by atoms with Crippen LogP contribution in [0.5, 0.6) is 5.75 Å². The van der Waals surface area contributed by atoms with Gasteiger partial charge >= 0.3 is 11.9 Å². The van der Waals surface area contributed by atoms with E-state index in [0.29, 0.717) is 37.4 Å². The summed E-state index contributed by atoms with van der Waals surface area (Å²) in [5, 5.41) is 24.8. The zero-order chi connectivity index (χ0) is 33.7. The van der Waals surface area contributed by atoms with Gasteiger partial charge < -0.3 is 43.4 Å². The van der Waals surface area contributed by atoms with Gasteiger partial charge in [0.15, 0.2) is 0 Å². The largest absolute Gasteiger partial charge is 0.497 e. The highest BCUT2D eigenvalue weighted by Crippen LogP contribution is 2.80. The Kier molecular flexibility index (Phi) is 8.02. The lowest BCUT2D eigenvalue weighted by Gasteiger charge is -2.70. The molecule has 1 spiro atoms. The number of piperidine rings is 1. The Balaban J connectivity index is 1.47. The van der Waals surface area contributed by atoms with Crippen LogP contribution in [0.4, 0.5) is 0 Å². The Morgan fingerprint density at radius 2 is 1.68 bits per heavy atom. The van der Waals surface area contributed by atoms with E-state index in [2.05, 4.69) is 11.8 Å². The molecule has 12 nitrogen and oxygen atoms in total. The molecule has 0 amide bonds. The Morgan fingerprint density at radius 3 is 2.26 bits per heavy atom. The third-order valence-electron chi connectivity index (χ3n) is 13.3. The van der Waals surface area contributed by atoms with E-state index in [4.69, 9.17) is 33.2 Å². The molecule has 2 N–H and O–H groups in total. The molecule has 5 saturated carbocycles. The Hall–Kier alpha value is -2.32. The van der Waals surface area contributed by atoms with Crippen LogP contribution < -0.4 is 4.74 Å². The van der Waals surface area contributed by atoms with E-state index in [9.17, 15) is 19.8 Å². The second-order valence-electron chi connectivity index (χ2n) is 14.8. The van der Waals surface area contributed by atoms with Crippen molar-refractivity contribution in [3.05, 3.63) is 29.8 Å². The molecule has 6 aliphatic rings. The summed E-state index contributed by atoms with van der Waals surface area (Å²) in [6, 6.07) is 6.37. The highest BCUT2D eigenvalue weighted by molar-refractivity contribution is 5.89. The van der Waals surface area contributed by atoms with E-state index in [0.717, 1.165) is 0 Å². The number of carbonyl (C=O) groups is 2.